The molecule has 1 aliphatic heterocycles. The summed E-state index contributed by atoms with van der Waals surface area (Å²) in [4.78, 5) is 68.9. The van der Waals surface area contributed by atoms with Crippen LogP contribution >= 0.6 is 56.9 Å². The van der Waals surface area contributed by atoms with Crippen molar-refractivity contribution in [2.45, 2.75) is 351 Å². The molecule has 15 aromatic rings. The van der Waals surface area contributed by atoms with Gasteiger partial charge >= 0.3 is 0 Å². The molecule has 0 atom stereocenters. The highest BCUT2D eigenvalue weighted by Crippen LogP contribution is 2.26. The normalized spacial score (nSPS) is 11.2. The molecule has 0 bridgehead atoms. The smallest absolute Gasteiger partial charge is 0.248 e. The van der Waals surface area contributed by atoms with Crippen LogP contribution in [0.15, 0.2) is 269 Å². The number of nitrogens with one attached hydrogen (secondary N) is 5. The number of thiazole rings is 1. The molecule has 1 aliphatic carbocycles. The monoisotopic (exact) mass is 2140 g/mol. The van der Waals surface area contributed by atoms with E-state index in [2.05, 4.69) is 417 Å². The Kier molecular flexibility index (Phi) is 71.3. The summed E-state index contributed by atoms with van der Waals surface area (Å²) in [5, 5.41) is 33.1. The van der Waals surface area contributed by atoms with Gasteiger partial charge in [0, 0.05) is 141 Å². The number of hydrogen-bond donors (Lipinski definition) is 8. The minimum atomic E-state index is -0.0220. The van der Waals surface area contributed by atoms with Gasteiger partial charge in [0.05, 0.1) is 28.8 Å². The number of thiophene rings is 3. The SMILES string of the molecule is CC(C)C1=CC(=O)CC=N1.CC(C)C1=CC=CC1.CC(C)c1cc(N)ncn1.CC(C)c1cc[nH]c(=O)c1.CC(C)c1ccccc1.CC(C)c1ccccn1.CC(C)c1cccs1.CC(C)c1cccs1.CC(C)c1ccn[nH]1.CC(C)c1ccnc(N)c1.CC(C)c1ccnc(N)n1.CC(C)c1ccsc1.CC(C)c1cn[nH]c1.CC(C)c1cn[nH]n1.CC(C)c1ncc[nH]1.Cc1cc(C(C)C)sn1.Cc1ncc(C(C)C)s1. The maximum absolute atomic E-state index is 10.8. The highest BCUT2D eigenvalue weighted by molar-refractivity contribution is 7.11. The molecule has 17 rings (SSSR count). The third-order valence-electron chi connectivity index (χ3n) is 21.5. The Labute approximate surface area is 921 Å². The summed E-state index contributed by atoms with van der Waals surface area (Å²) in [6, 6.07) is 42.5. The Morgan fingerprint density at radius 2 is 0.973 bits per heavy atom. The van der Waals surface area contributed by atoms with Crippen molar-refractivity contribution in [3.05, 3.63) is 362 Å². The molecule has 0 unspecified atom stereocenters. The number of anilines is 3. The van der Waals surface area contributed by atoms with Crippen LogP contribution in [0.3, 0.4) is 0 Å². The summed E-state index contributed by atoms with van der Waals surface area (Å²) >= 11 is 8.82. The van der Waals surface area contributed by atoms with Gasteiger partial charge in [-0.15, -0.1) is 34.0 Å². The molecule has 11 N–H and O–H groups in total. The fraction of sp³-hybridized carbons (Fsp3) is 0.455. The van der Waals surface area contributed by atoms with Crippen molar-refractivity contribution in [1.82, 2.24) is 90.0 Å². The third-order valence-corrected chi connectivity index (χ3v) is 27.0. The van der Waals surface area contributed by atoms with Crippen LogP contribution in [0.1, 0.15) is 429 Å². The van der Waals surface area contributed by atoms with Crippen LogP contribution in [-0.4, -0.2) is 102 Å². The summed E-state index contributed by atoms with van der Waals surface area (Å²) in [6.45, 7) is 76.9. The number of nitrogens with two attached hydrogens (primary N) is 3. The molecule has 0 spiro atoms. The van der Waals surface area contributed by atoms with Crippen LogP contribution in [-0.2, 0) is 4.79 Å². The number of allylic oxidation sites excluding steroid dienone is 6. The number of pyridine rings is 3. The molecule has 14 aromatic heterocycles. The standard InChI is InChI=1S/C9H12.C8H12N2.2C8H11NO.C8H11N.C8H12.2C7H11N3.2C7H11NS.3C7H10S.3C6H10N2.C5H9N3/c1-8(2)9-6-4-3-5-7-9;1-6(2)7-3-4-10-8(9)5-7;1-6(2)8-5-7(10)3-4-9-8;1-6(2)7-3-4-9-8(10)5-7;1-7(2)8-5-3-4-6-9-8;1-7(2)8-5-3-4-6-8;1-5(2)6-3-7(8)10-4-9-6;1-5(2)6-3-4-9-7(8)10-6;1-5(2)7-4-8-6(3)9-7;1-5(2)7-4-6(3)8-9-7;1-6(2)7-3-4-8-5-7;2*1-6(2)7-4-3-5-8-7;1-5(2)6-3-7-8-4-6;1-5(2)6-7-3-4-8-6;1-5(2)6-3-4-7-8-6;1-4(2)5-3-6-8-7-5/h3-8H,1-2H3;3-6H,1-2H3,(H2,9,10);4-6H,3H2,1-2H3;3-6H,1-2H3,(H,9,10);3-7H,1-2H3;3-5,7H,6H2,1-2H3;2*3-5H,1-2H3,(H2,8,9,10);2*4-5H,1-3H3;3*3-6H,1-2H3;3*3-5H,1-2H3,(H,7,8);3-4H,1-2H3,(H,6,7,8). The number of H-pyrrole nitrogens is 5. The lowest BCUT2D eigenvalue weighted by Gasteiger charge is -2.07. The molecular formula is C121H182N22O2S5. The molecule has 150 heavy (non-hydrogen) atoms. The number of aryl methyl sites for hydroxylation is 2. The maximum atomic E-state index is 10.8. The first kappa shape index (κ1) is 136. The van der Waals surface area contributed by atoms with E-state index in [1.165, 1.54) is 65.2 Å². The Morgan fingerprint density at radius 1 is 0.387 bits per heavy atom. The quantitative estimate of drug-likeness (QED) is 0.0420. The van der Waals surface area contributed by atoms with Crippen LogP contribution in [0.2, 0.25) is 0 Å². The number of benzene rings is 1. The summed E-state index contributed by atoms with van der Waals surface area (Å²) < 4.78 is 4.18. The van der Waals surface area contributed by atoms with Crippen LogP contribution in [0, 0.1) is 25.7 Å². The predicted octanol–water partition coefficient (Wildman–Crippen LogP) is 34.1. The van der Waals surface area contributed by atoms with Gasteiger partial charge in [-0.1, -0.05) is 308 Å². The maximum Gasteiger partial charge on any atom is 0.248 e. The first-order valence-electron chi connectivity index (χ1n) is 52.4. The molecule has 15 heterocycles. The van der Waals surface area contributed by atoms with E-state index in [4.69, 9.17) is 17.2 Å². The Bertz CT molecular complexity index is 5360. The van der Waals surface area contributed by atoms with Crippen molar-refractivity contribution in [3.63, 3.8) is 0 Å². The molecule has 0 amide bonds. The van der Waals surface area contributed by atoms with E-state index in [0.29, 0.717) is 119 Å². The van der Waals surface area contributed by atoms with Gasteiger partial charge in [0.15, 0.2) is 5.78 Å². The van der Waals surface area contributed by atoms with Crippen molar-refractivity contribution in [2.24, 2.45) is 16.8 Å². The number of ketones is 1. The van der Waals surface area contributed by atoms with Crippen molar-refractivity contribution < 1.29 is 4.79 Å². The number of imidazole rings is 1. The number of nitrogens with zero attached hydrogens (tertiary/aromatic N) is 14. The second-order valence-electron chi connectivity index (χ2n) is 40.6. The van der Waals surface area contributed by atoms with Gasteiger partial charge in [0.25, 0.3) is 0 Å². The lowest BCUT2D eigenvalue weighted by molar-refractivity contribution is -0.113. The van der Waals surface area contributed by atoms with Crippen molar-refractivity contribution in [2.75, 3.05) is 17.2 Å². The topological polar surface area (TPSA) is 371 Å². The van der Waals surface area contributed by atoms with Gasteiger partial charge in [0.2, 0.25) is 11.5 Å². The number of nitrogen functional groups attached to an aromatic ring is 3. The molecule has 0 saturated carbocycles. The summed E-state index contributed by atoms with van der Waals surface area (Å²) in [5.74, 6) is 12.4. The summed E-state index contributed by atoms with van der Waals surface area (Å²) in [5.41, 5.74) is 31.7. The molecule has 1 aromatic carbocycles. The lowest BCUT2D eigenvalue weighted by Crippen LogP contribution is -2.04. The minimum Gasteiger partial charge on any atom is -0.384 e. The number of aromatic nitrogens is 18. The Morgan fingerprint density at radius 3 is 1.27 bits per heavy atom. The fourth-order valence-corrected chi connectivity index (χ4v) is 15.5. The molecule has 0 fully saturated rings. The van der Waals surface area contributed by atoms with Gasteiger partial charge in [0.1, 0.15) is 23.8 Å². The number of hydrogen-bond acceptors (Lipinski definition) is 24. The molecule has 29 heteroatoms. The zero-order chi connectivity index (χ0) is 113. The van der Waals surface area contributed by atoms with Crippen molar-refractivity contribution in [1.29, 1.82) is 0 Å². The third kappa shape index (κ3) is 64.3. The second kappa shape index (κ2) is 78.8. The second-order valence-corrected chi connectivity index (χ2v) is 45.4. The Balaban J connectivity index is 0.000000797. The zero-order valence-corrected chi connectivity index (χ0v) is 101. The van der Waals surface area contributed by atoms with Crippen molar-refractivity contribution >= 4 is 86.5 Å². The molecule has 0 radical (unpaired) electrons. The molecule has 0 saturated heterocycles. The van der Waals surface area contributed by atoms with Crippen molar-refractivity contribution in [3.8, 4) is 0 Å². The largest absolute Gasteiger partial charge is 0.384 e. The molecular weight excluding hydrogens is 1950 g/mol. The number of aromatic amines is 5. The van der Waals surface area contributed by atoms with Crippen LogP contribution in [0.25, 0.3) is 0 Å². The van der Waals surface area contributed by atoms with E-state index in [9.17, 15) is 9.59 Å². The van der Waals surface area contributed by atoms with E-state index in [0.717, 1.165) is 51.5 Å². The highest BCUT2D eigenvalue weighted by atomic mass is 32.1. The van der Waals surface area contributed by atoms with Gasteiger partial charge in [-0.3, -0.25) is 29.8 Å². The average molecular weight is 2140 g/mol. The van der Waals surface area contributed by atoms with E-state index in [1.807, 2.05) is 136 Å². The van der Waals surface area contributed by atoms with Gasteiger partial charge < -0.3 is 27.2 Å². The van der Waals surface area contributed by atoms with E-state index >= 15 is 0 Å². The average Bonchev–Trinajstić information content (AvgIpc) is 1.73. The fourth-order valence-electron chi connectivity index (χ4n) is 11.7. The van der Waals surface area contributed by atoms with Gasteiger partial charge in [-0.25, -0.2) is 34.9 Å². The number of rotatable bonds is 17. The summed E-state index contributed by atoms with van der Waals surface area (Å²) in [6.07, 6.45) is 32.8. The highest BCUT2D eigenvalue weighted by Gasteiger charge is 2.11. The number of carbonyl (C=O) groups excluding carboxylic acids is 1. The Hall–Kier alpha value is -12.3. The van der Waals surface area contributed by atoms with E-state index in [-0.39, 0.29) is 11.3 Å². The predicted molar refractivity (Wildman–Crippen MR) is 647 cm³/mol. The number of carbonyl (C=O) groups is 1. The van der Waals surface area contributed by atoms with E-state index < -0.39 is 0 Å². The van der Waals surface area contributed by atoms with Gasteiger partial charge in [-0.2, -0.15) is 41.3 Å². The number of aliphatic imine (C=N–C) groups is 1. The van der Waals surface area contributed by atoms with Gasteiger partial charge in [-0.05, 0) is 243 Å². The first-order valence-corrected chi connectivity index (χ1v) is 56.6. The first-order chi connectivity index (χ1) is 70.9. The van der Waals surface area contributed by atoms with Crippen LogP contribution in [0.4, 0.5) is 17.6 Å². The molecule has 24 nitrogen and oxygen atoms in total. The van der Waals surface area contributed by atoms with Crippen LogP contribution in [0.5, 0.6) is 0 Å². The summed E-state index contributed by atoms with van der Waals surface area (Å²) in [7, 11) is 0. The lowest BCUT2D eigenvalue weighted by atomic mass is 10.0. The minimum absolute atomic E-state index is 0.0220. The zero-order valence-electron chi connectivity index (χ0n) is 96.8. The van der Waals surface area contributed by atoms with E-state index in [1.54, 1.807) is 101 Å². The van der Waals surface area contributed by atoms with Crippen LogP contribution < -0.4 is 22.8 Å². The molecule has 818 valence electrons. The molecule has 2 aliphatic rings.